The Morgan fingerprint density at radius 1 is 1.48 bits per heavy atom. The molecule has 2 amide bonds. The summed E-state index contributed by atoms with van der Waals surface area (Å²) in [7, 11) is 1.46. The Bertz CT molecular complexity index is 700. The maximum Gasteiger partial charge on any atom is 0.294 e. The minimum Gasteiger partial charge on any atom is -0.377 e. The quantitative estimate of drug-likeness (QED) is 0.407. The summed E-state index contributed by atoms with van der Waals surface area (Å²) in [5, 5.41) is 16.9. The van der Waals surface area contributed by atoms with Gasteiger partial charge in [-0.2, -0.15) is 0 Å². The summed E-state index contributed by atoms with van der Waals surface area (Å²) in [5.41, 5.74) is 0.0932. The fraction of sp³-hybridized carbons (Fsp3) is 0.467. The number of nitrogens with one attached hydrogen (secondary N) is 2. The van der Waals surface area contributed by atoms with Crippen LogP contribution in [0.4, 0.5) is 11.4 Å². The Labute approximate surface area is 158 Å². The number of carbonyl (C=O) groups is 2. The van der Waals surface area contributed by atoms with Gasteiger partial charge in [0, 0.05) is 36.7 Å². The number of nitrogens with zero attached hydrogens (tertiary/aromatic N) is 2. The van der Waals surface area contributed by atoms with Crippen molar-refractivity contribution in [3.8, 4) is 0 Å². The molecule has 1 aromatic rings. The van der Waals surface area contributed by atoms with Gasteiger partial charge in [-0.1, -0.05) is 15.9 Å². The lowest BCUT2D eigenvalue weighted by molar-refractivity contribution is -0.384. The van der Waals surface area contributed by atoms with E-state index in [0.29, 0.717) is 17.6 Å². The molecule has 1 aliphatic rings. The van der Waals surface area contributed by atoms with Crippen LogP contribution in [0.2, 0.25) is 0 Å². The molecule has 0 radical (unpaired) electrons. The third-order valence-electron chi connectivity index (χ3n) is 4.08. The number of carbonyl (C=O) groups excluding carboxylic acids is 2. The van der Waals surface area contributed by atoms with Crippen LogP contribution in [0.15, 0.2) is 16.6 Å². The van der Waals surface area contributed by atoms with Crippen molar-refractivity contribution in [2.45, 2.75) is 18.9 Å². The van der Waals surface area contributed by atoms with E-state index in [4.69, 9.17) is 11.6 Å². The van der Waals surface area contributed by atoms with Crippen LogP contribution < -0.4 is 10.6 Å². The summed E-state index contributed by atoms with van der Waals surface area (Å²) >= 11 is 8.81. The molecule has 2 N–H and O–H groups in total. The minimum atomic E-state index is -0.546. The topological polar surface area (TPSA) is 105 Å². The Kier molecular flexibility index (Phi) is 6.60. The molecule has 25 heavy (non-hydrogen) atoms. The predicted molar refractivity (Wildman–Crippen MR) is 98.1 cm³/mol. The largest absolute Gasteiger partial charge is 0.377 e. The van der Waals surface area contributed by atoms with Crippen molar-refractivity contribution in [2.24, 2.45) is 0 Å². The average molecular weight is 434 g/mol. The molecule has 1 atom stereocenters. The number of alkyl halides is 1. The third kappa shape index (κ3) is 4.40. The van der Waals surface area contributed by atoms with E-state index in [1.54, 1.807) is 4.90 Å². The first-order chi connectivity index (χ1) is 11.9. The SMILES string of the molecule is CNC(=O)c1cc(Br)cc([N+](=O)[O-])c1NC[C@@H]1CCCN1C(=O)CCl. The highest BCUT2D eigenvalue weighted by molar-refractivity contribution is 9.10. The van der Waals surface area contributed by atoms with Gasteiger partial charge in [0.15, 0.2) is 0 Å². The number of halogens is 2. The van der Waals surface area contributed by atoms with E-state index >= 15 is 0 Å². The number of nitro benzene ring substituents is 1. The second kappa shape index (κ2) is 8.48. The van der Waals surface area contributed by atoms with Gasteiger partial charge in [-0.3, -0.25) is 19.7 Å². The zero-order chi connectivity index (χ0) is 18.6. The highest BCUT2D eigenvalue weighted by Crippen LogP contribution is 2.33. The molecular weight excluding hydrogens is 416 g/mol. The molecule has 8 nitrogen and oxygen atoms in total. The summed E-state index contributed by atoms with van der Waals surface area (Å²) < 4.78 is 0.433. The maximum atomic E-state index is 12.1. The number of rotatable bonds is 6. The smallest absolute Gasteiger partial charge is 0.294 e. The molecule has 0 aliphatic carbocycles. The van der Waals surface area contributed by atoms with Crippen LogP contribution in [-0.4, -0.2) is 53.7 Å². The van der Waals surface area contributed by atoms with E-state index in [-0.39, 0.29) is 34.8 Å². The minimum absolute atomic E-state index is 0.0988. The molecule has 10 heteroatoms. The molecule has 136 valence electrons. The summed E-state index contributed by atoms with van der Waals surface area (Å²) in [6.07, 6.45) is 1.62. The molecule has 0 bridgehead atoms. The third-order valence-corrected chi connectivity index (χ3v) is 4.76. The van der Waals surface area contributed by atoms with Gasteiger partial charge < -0.3 is 15.5 Å². The highest BCUT2D eigenvalue weighted by atomic mass is 79.9. The van der Waals surface area contributed by atoms with E-state index in [9.17, 15) is 19.7 Å². The molecular formula is C15H18BrClN4O4. The monoisotopic (exact) mass is 432 g/mol. The summed E-state index contributed by atoms with van der Waals surface area (Å²) in [6, 6.07) is 2.74. The van der Waals surface area contributed by atoms with Gasteiger partial charge in [0.1, 0.15) is 11.6 Å². The lowest BCUT2D eigenvalue weighted by Gasteiger charge is -2.25. The van der Waals surface area contributed by atoms with E-state index in [0.717, 1.165) is 12.8 Å². The zero-order valence-electron chi connectivity index (χ0n) is 13.6. The fourth-order valence-electron chi connectivity index (χ4n) is 2.91. The van der Waals surface area contributed by atoms with Crippen molar-refractivity contribution in [3.63, 3.8) is 0 Å². The molecule has 2 rings (SSSR count). The van der Waals surface area contributed by atoms with E-state index < -0.39 is 10.8 Å². The number of anilines is 1. The Morgan fingerprint density at radius 3 is 2.80 bits per heavy atom. The Hall–Kier alpha value is -1.87. The number of benzene rings is 1. The van der Waals surface area contributed by atoms with Crippen LogP contribution in [0.3, 0.4) is 0 Å². The molecule has 0 aromatic heterocycles. The van der Waals surface area contributed by atoms with Crippen LogP contribution in [-0.2, 0) is 4.79 Å². The molecule has 0 unspecified atom stereocenters. The number of nitro groups is 1. The molecule has 1 aromatic carbocycles. The van der Waals surface area contributed by atoms with Crippen molar-refractivity contribution in [2.75, 3.05) is 31.3 Å². The lowest BCUT2D eigenvalue weighted by atomic mass is 10.1. The van der Waals surface area contributed by atoms with Crippen molar-refractivity contribution in [3.05, 3.63) is 32.3 Å². The van der Waals surface area contributed by atoms with Gasteiger partial charge in [-0.25, -0.2) is 0 Å². The van der Waals surface area contributed by atoms with Gasteiger partial charge in [-0.15, -0.1) is 11.6 Å². The molecule has 0 saturated carbocycles. The first kappa shape index (κ1) is 19.5. The Balaban J connectivity index is 2.30. The highest BCUT2D eigenvalue weighted by Gasteiger charge is 2.29. The number of hydrogen-bond acceptors (Lipinski definition) is 5. The van der Waals surface area contributed by atoms with Crippen molar-refractivity contribution >= 4 is 50.7 Å². The summed E-state index contributed by atoms with van der Waals surface area (Å²) in [5.74, 6) is -0.701. The van der Waals surface area contributed by atoms with Crippen LogP contribution >= 0.6 is 27.5 Å². The molecule has 1 saturated heterocycles. The van der Waals surface area contributed by atoms with Crippen LogP contribution in [0, 0.1) is 10.1 Å². The van der Waals surface area contributed by atoms with E-state index in [1.807, 2.05) is 0 Å². The van der Waals surface area contributed by atoms with Crippen LogP contribution in [0.5, 0.6) is 0 Å². The number of likely N-dealkylation sites (tertiary alicyclic amines) is 1. The molecule has 1 heterocycles. The van der Waals surface area contributed by atoms with Crippen LogP contribution in [0.25, 0.3) is 0 Å². The fourth-order valence-corrected chi connectivity index (χ4v) is 3.51. The van der Waals surface area contributed by atoms with Gasteiger partial charge >= 0.3 is 0 Å². The molecule has 1 aliphatic heterocycles. The number of hydrogen-bond donors (Lipinski definition) is 2. The van der Waals surface area contributed by atoms with E-state index in [1.165, 1.54) is 19.2 Å². The number of amides is 2. The molecule has 0 spiro atoms. The average Bonchev–Trinajstić information content (AvgIpc) is 3.06. The van der Waals surface area contributed by atoms with Gasteiger partial charge in [0.2, 0.25) is 5.91 Å². The Morgan fingerprint density at radius 2 is 2.20 bits per heavy atom. The van der Waals surface area contributed by atoms with Crippen molar-refractivity contribution in [1.82, 2.24) is 10.2 Å². The van der Waals surface area contributed by atoms with Crippen LogP contribution in [0.1, 0.15) is 23.2 Å². The predicted octanol–water partition coefficient (Wildman–Crippen LogP) is 2.36. The lowest BCUT2D eigenvalue weighted by Crippen LogP contribution is -2.40. The van der Waals surface area contributed by atoms with Gasteiger partial charge in [0.05, 0.1) is 10.5 Å². The second-order valence-electron chi connectivity index (χ2n) is 5.58. The normalized spacial score (nSPS) is 16.6. The maximum absolute atomic E-state index is 12.1. The van der Waals surface area contributed by atoms with Gasteiger partial charge in [-0.05, 0) is 18.9 Å². The van der Waals surface area contributed by atoms with Crippen molar-refractivity contribution < 1.29 is 14.5 Å². The summed E-state index contributed by atoms with van der Waals surface area (Å²) in [6.45, 7) is 0.914. The van der Waals surface area contributed by atoms with Crippen molar-refractivity contribution in [1.29, 1.82) is 0 Å². The second-order valence-corrected chi connectivity index (χ2v) is 6.76. The first-order valence-corrected chi connectivity index (χ1v) is 9.01. The first-order valence-electron chi connectivity index (χ1n) is 7.68. The molecule has 1 fully saturated rings. The standard InChI is InChI=1S/C15H18BrClN4O4/c1-18-15(23)11-5-9(16)6-12(21(24)25)14(11)19-8-10-3-2-4-20(10)13(22)7-17/h5-6,10,19H,2-4,7-8H2,1H3,(H,18,23)/t10-/m0/s1. The summed E-state index contributed by atoms with van der Waals surface area (Å²) in [4.78, 5) is 36.5. The van der Waals surface area contributed by atoms with Gasteiger partial charge in [0.25, 0.3) is 11.6 Å². The zero-order valence-corrected chi connectivity index (χ0v) is 15.9. The van der Waals surface area contributed by atoms with E-state index in [2.05, 4.69) is 26.6 Å².